The van der Waals surface area contributed by atoms with Gasteiger partial charge in [-0.25, -0.2) is 0 Å². The van der Waals surface area contributed by atoms with Crippen molar-refractivity contribution in [2.45, 2.75) is 71.5 Å². The summed E-state index contributed by atoms with van der Waals surface area (Å²) in [5, 5.41) is 139. The number of fused-ring (bicyclic) bond motifs is 2. The summed E-state index contributed by atoms with van der Waals surface area (Å²) >= 11 is 0. The topological polar surface area (TPSA) is 508 Å². The predicted molar refractivity (Wildman–Crippen MR) is 232 cm³/mol. The van der Waals surface area contributed by atoms with E-state index in [0.29, 0.717) is 0 Å². The molecule has 7 rings (SSSR count). The number of ketones is 2. The van der Waals surface area contributed by atoms with Crippen LogP contribution in [-0.2, 0) is 60.9 Å². The maximum Gasteiger partial charge on any atom is 0.522 e. The Morgan fingerprint density at radius 2 is 0.825 bits per heavy atom. The van der Waals surface area contributed by atoms with E-state index in [2.05, 4.69) is 0 Å². The number of aromatic hydroxyl groups is 8. The number of carbonyl (C=O) groups excluding carboxylic acids is 2. The summed E-state index contributed by atoms with van der Waals surface area (Å²) in [5.41, 5.74) is -17.5. The number of phenolic OH excluding ortho intramolecular Hbond substituents is 8. The average molecular weight is 1270 g/mol. The third kappa shape index (κ3) is 16.3. The number of aliphatic hydroxyl groups is 6. The van der Waals surface area contributed by atoms with Crippen LogP contribution >= 0.6 is 0 Å². The summed E-state index contributed by atoms with van der Waals surface area (Å²) < 4.78 is 189. The van der Waals surface area contributed by atoms with E-state index in [4.69, 9.17) is 53.1 Å². The van der Waals surface area contributed by atoms with Crippen molar-refractivity contribution in [2.24, 2.45) is 0 Å². The minimum Gasteiger partial charge on any atom is -0.508 e. The Kier molecular flexibility index (Phi) is 22.6. The average Bonchev–Trinajstić information content (AvgIpc) is 3.29. The smallest absolute Gasteiger partial charge is 0.508 e. The summed E-state index contributed by atoms with van der Waals surface area (Å²) in [4.78, 5) is 25.1. The van der Waals surface area contributed by atoms with Crippen LogP contribution in [0, 0.1) is 0 Å². The fraction of sp³-hybridized carbons (Fsp3) is 0.333. The number of alkyl halides is 9. The van der Waals surface area contributed by atoms with Gasteiger partial charge in [0.15, 0.2) is 47.4 Å². The van der Waals surface area contributed by atoms with Crippen LogP contribution in [0.2, 0.25) is 0 Å². The Balaban J connectivity index is 0.000000397. The Bertz CT molecular complexity index is 3150. The van der Waals surface area contributed by atoms with E-state index in [1.807, 2.05) is 0 Å². The van der Waals surface area contributed by atoms with Crippen molar-refractivity contribution in [3.8, 4) is 57.5 Å². The number of benzene rings is 4. The summed E-state index contributed by atoms with van der Waals surface area (Å²) in [7, 11) is -17.5. The zero-order valence-electron chi connectivity index (χ0n) is 38.4. The van der Waals surface area contributed by atoms with Crippen molar-refractivity contribution in [3.05, 3.63) is 82.4 Å². The number of Topliss-reactive ketones (excluding diaryl/α,β-unsaturated/α-hetero) is 2. The first-order valence-corrected chi connectivity index (χ1v) is 24.4. The van der Waals surface area contributed by atoms with Crippen molar-refractivity contribution in [2.75, 3.05) is 6.61 Å². The Labute approximate surface area is 457 Å². The van der Waals surface area contributed by atoms with E-state index in [9.17, 15) is 121 Å². The molecule has 1 fully saturated rings. The number of aliphatic hydroxyl groups excluding tert-OH is 6. The predicted octanol–water partition coefficient (Wildman–Crippen LogP) is 1.07. The van der Waals surface area contributed by atoms with Gasteiger partial charge in [-0.2, -0.15) is 64.8 Å². The monoisotopic (exact) mass is 1270 g/mol. The van der Waals surface area contributed by atoms with Gasteiger partial charge >= 0.3 is 46.9 Å². The summed E-state index contributed by atoms with van der Waals surface area (Å²) in [6, 6.07) is 10.3. The van der Waals surface area contributed by atoms with Crippen molar-refractivity contribution in [3.63, 3.8) is 0 Å². The third-order valence-electron chi connectivity index (χ3n) is 10.2. The molecule has 17 N–H and O–H groups in total. The Morgan fingerprint density at radius 3 is 1.18 bits per heavy atom. The molecule has 0 aromatic heterocycles. The van der Waals surface area contributed by atoms with Crippen LogP contribution in [-0.4, -0.2) is 182 Å². The van der Waals surface area contributed by atoms with E-state index >= 15 is 0 Å². The van der Waals surface area contributed by atoms with E-state index in [-0.39, 0.29) is 65.5 Å². The first-order chi connectivity index (χ1) is 35.7. The Morgan fingerprint density at radius 1 is 0.463 bits per heavy atom. The van der Waals surface area contributed by atoms with Crippen LogP contribution in [0.1, 0.15) is 55.7 Å². The second-order valence-corrected chi connectivity index (χ2v) is 19.8. The van der Waals surface area contributed by atoms with E-state index in [0.717, 1.165) is 36.4 Å². The molecular weight excluding hydrogens is 1230 g/mol. The maximum atomic E-state index is 12.9. The van der Waals surface area contributed by atoms with Gasteiger partial charge in [0.2, 0.25) is 11.6 Å². The zero-order chi connectivity index (χ0) is 61.2. The summed E-state index contributed by atoms with van der Waals surface area (Å²) in [6.45, 7) is -0.754. The van der Waals surface area contributed by atoms with Gasteiger partial charge in [0, 0.05) is 44.0 Å². The zero-order valence-corrected chi connectivity index (χ0v) is 42.6. The van der Waals surface area contributed by atoms with Gasteiger partial charge in [-0.3, -0.25) is 23.2 Å². The number of hydrogen-bond donors (Lipinski definition) is 17. The summed E-state index contributed by atoms with van der Waals surface area (Å²) in [6.07, 6.45) is -14.3. The molecule has 4 aromatic carbocycles. The number of rotatable bonds is 4. The fourth-order valence-corrected chi connectivity index (χ4v) is 6.43. The largest absolute Gasteiger partial charge is 0.522 e. The molecule has 0 saturated carbocycles. The molecule has 28 nitrogen and oxygen atoms in total. The van der Waals surface area contributed by atoms with Gasteiger partial charge in [0.25, 0.3) is 0 Å². The van der Waals surface area contributed by atoms with Crippen LogP contribution in [0.3, 0.4) is 0 Å². The Hall–Kier alpha value is -6.09. The molecular formula is C39H37F9O28S3Sc. The number of carbonyl (C=O) groups is 2. The van der Waals surface area contributed by atoms with Crippen LogP contribution in [0.5, 0.6) is 57.5 Å². The van der Waals surface area contributed by atoms with Crippen LogP contribution in [0.15, 0.2) is 54.6 Å². The summed E-state index contributed by atoms with van der Waals surface area (Å²) in [5.74, 6) is -6.32. The van der Waals surface area contributed by atoms with Crippen LogP contribution in [0.25, 0.3) is 0 Å². The SMILES string of the molecule is O=C1c2c(O)cc(O)cc2O[C@H](c2ccc(O)c(O)c2)[C@H]1O.O=C1c2c(cc(O)c(C3OC(CO)C(O)C(O)C3O)c2O)O[C@H](c2ccc(O)c(O)c2)[C@H]1O.O=S(=O)(O)C(F)(F)F.O=S(=O)(O)C(F)(F)F.O=S(=O)(O)C(F)(F)F.[Sc]. The molecule has 0 aliphatic carbocycles. The van der Waals surface area contributed by atoms with Gasteiger partial charge in [-0.1, -0.05) is 12.1 Å². The molecule has 1 radical (unpaired) electrons. The molecule has 5 unspecified atom stereocenters. The number of hydrogen-bond acceptors (Lipinski definition) is 25. The minimum atomic E-state index is -5.84. The molecule has 9 atom stereocenters. The maximum absolute atomic E-state index is 12.9. The van der Waals surface area contributed by atoms with Crippen LogP contribution in [0.4, 0.5) is 39.5 Å². The van der Waals surface area contributed by atoms with Gasteiger partial charge in [-0.05, 0) is 35.4 Å². The van der Waals surface area contributed by atoms with Gasteiger partial charge in [0.05, 0.1) is 12.2 Å². The standard InChI is InChI=1S/C21H22O12.C15H12O7.3CHF3O3S.Sc/c22-5-11-14(26)17(29)19(31)21(33-11)12-9(25)4-10-13(15(12)27)16(28)18(30)20(32-10)6-1-2-7(23)8(24)3-6;16-7-4-10(19)12-11(5-7)22-15(14(21)13(12)20)6-1-2-8(17)9(18)3-6;3*2-1(3,4)8(5,6)7;/h1-4,11,14,17-27,29-31H,5H2;1-5,14-19,21H;3*(H,5,6,7);/t11?,14?,17?,18-,19?,20+,21?;14-,15+;;;;/m00..../s1. The van der Waals surface area contributed by atoms with Gasteiger partial charge in [-0.15, -0.1) is 0 Å². The van der Waals surface area contributed by atoms with Crippen molar-refractivity contribution >= 4 is 41.9 Å². The molecule has 4 aromatic rings. The van der Waals surface area contributed by atoms with E-state index in [1.165, 1.54) is 18.2 Å². The molecule has 80 heavy (non-hydrogen) atoms. The van der Waals surface area contributed by atoms with Crippen molar-refractivity contribution < 1.29 is 200 Å². The molecule has 445 valence electrons. The van der Waals surface area contributed by atoms with Crippen molar-refractivity contribution in [1.82, 2.24) is 0 Å². The van der Waals surface area contributed by atoms with Gasteiger partial charge in [0.1, 0.15) is 76.1 Å². The second kappa shape index (κ2) is 25.8. The minimum absolute atomic E-state index is 0. The molecule has 3 aliphatic rings. The number of halogens is 9. The molecule has 0 spiro atoms. The third-order valence-corrected chi connectivity index (χ3v) is 11.9. The normalized spacial score (nSPS) is 22.9. The quantitative estimate of drug-likeness (QED) is 0.0588. The first kappa shape index (κ1) is 70.0. The second-order valence-electron chi connectivity index (χ2n) is 15.6. The van der Waals surface area contributed by atoms with Crippen molar-refractivity contribution in [1.29, 1.82) is 0 Å². The molecule has 1 saturated heterocycles. The molecule has 3 heterocycles. The van der Waals surface area contributed by atoms with Gasteiger partial charge < -0.3 is 85.7 Å². The molecule has 3 aliphatic heterocycles. The molecule has 41 heteroatoms. The van der Waals surface area contributed by atoms with E-state index in [1.54, 1.807) is 0 Å². The van der Waals surface area contributed by atoms with Crippen LogP contribution < -0.4 is 9.47 Å². The fourth-order valence-electron chi connectivity index (χ4n) is 6.43. The number of phenols is 8. The molecule has 0 bridgehead atoms. The van der Waals surface area contributed by atoms with E-state index < -0.39 is 166 Å². The first-order valence-electron chi connectivity index (χ1n) is 20.1. The molecule has 0 amide bonds. The number of ether oxygens (including phenoxy) is 3.